The molecule has 0 aromatic heterocycles. The fourth-order valence-electron chi connectivity index (χ4n) is 0.509. The van der Waals surface area contributed by atoms with Crippen molar-refractivity contribution in [2.75, 3.05) is 13.1 Å². The maximum absolute atomic E-state index is 12.3. The van der Waals surface area contributed by atoms with Gasteiger partial charge in [0.1, 0.15) is 0 Å². The Bertz CT molecular complexity index is 139. The van der Waals surface area contributed by atoms with Crippen molar-refractivity contribution in [1.29, 1.82) is 0 Å². The molecule has 0 rings (SSSR count). The van der Waals surface area contributed by atoms with Crippen LogP contribution in [0.25, 0.3) is 0 Å². The molecule has 0 aromatic carbocycles. The standard InChI is InChI=1S/C6H12F2N2O/c1-2-3-10-4-6(7,8)5(9)11/h10H,2-4H2,1H3,(H2,9,11). The first-order valence-corrected chi connectivity index (χ1v) is 3.39. The Morgan fingerprint density at radius 3 is 2.55 bits per heavy atom. The van der Waals surface area contributed by atoms with Gasteiger partial charge in [-0.1, -0.05) is 6.92 Å². The SMILES string of the molecule is CCCNCC(F)(F)C(N)=O. The highest BCUT2D eigenvalue weighted by Gasteiger charge is 2.35. The van der Waals surface area contributed by atoms with E-state index in [0.29, 0.717) is 6.54 Å². The summed E-state index contributed by atoms with van der Waals surface area (Å²) in [6.45, 7) is 1.63. The van der Waals surface area contributed by atoms with Crippen LogP contribution in [0.15, 0.2) is 0 Å². The predicted molar refractivity (Wildman–Crippen MR) is 37.3 cm³/mol. The van der Waals surface area contributed by atoms with Crippen molar-refractivity contribution in [3.63, 3.8) is 0 Å². The Labute approximate surface area is 63.9 Å². The quantitative estimate of drug-likeness (QED) is 0.569. The van der Waals surface area contributed by atoms with Gasteiger partial charge in [-0.3, -0.25) is 4.79 Å². The maximum atomic E-state index is 12.3. The minimum absolute atomic E-state index is 0.461. The third-order valence-corrected chi connectivity index (χ3v) is 1.13. The molecular weight excluding hydrogens is 154 g/mol. The number of amides is 1. The van der Waals surface area contributed by atoms with Crippen molar-refractivity contribution in [1.82, 2.24) is 5.32 Å². The second-order valence-corrected chi connectivity index (χ2v) is 2.25. The number of carbonyl (C=O) groups is 1. The molecule has 0 aromatic rings. The maximum Gasteiger partial charge on any atom is 0.336 e. The number of rotatable bonds is 5. The van der Waals surface area contributed by atoms with Crippen LogP contribution in [-0.4, -0.2) is 24.9 Å². The van der Waals surface area contributed by atoms with Gasteiger partial charge in [0.05, 0.1) is 6.54 Å². The lowest BCUT2D eigenvalue weighted by molar-refractivity contribution is -0.141. The van der Waals surface area contributed by atoms with E-state index in [1.54, 1.807) is 0 Å². The smallest absolute Gasteiger partial charge is 0.336 e. The van der Waals surface area contributed by atoms with E-state index in [9.17, 15) is 13.6 Å². The van der Waals surface area contributed by atoms with Gasteiger partial charge in [-0.05, 0) is 13.0 Å². The molecule has 0 atom stereocenters. The molecule has 0 aliphatic carbocycles. The molecular formula is C6H12F2N2O. The molecule has 66 valence electrons. The summed E-state index contributed by atoms with van der Waals surface area (Å²) >= 11 is 0. The number of halogens is 2. The van der Waals surface area contributed by atoms with Gasteiger partial charge in [-0.15, -0.1) is 0 Å². The normalized spacial score (nSPS) is 11.5. The minimum atomic E-state index is -3.42. The summed E-state index contributed by atoms with van der Waals surface area (Å²) < 4.78 is 24.7. The largest absolute Gasteiger partial charge is 0.364 e. The van der Waals surface area contributed by atoms with Crippen molar-refractivity contribution in [2.45, 2.75) is 19.3 Å². The molecule has 3 N–H and O–H groups in total. The van der Waals surface area contributed by atoms with Crippen molar-refractivity contribution in [3.05, 3.63) is 0 Å². The summed E-state index contributed by atoms with van der Waals surface area (Å²) in [6, 6.07) is 0. The monoisotopic (exact) mass is 166 g/mol. The first-order valence-electron chi connectivity index (χ1n) is 3.39. The topological polar surface area (TPSA) is 55.1 Å². The second kappa shape index (κ2) is 4.23. The van der Waals surface area contributed by atoms with Crippen molar-refractivity contribution in [2.24, 2.45) is 5.73 Å². The van der Waals surface area contributed by atoms with Crippen LogP contribution in [-0.2, 0) is 4.79 Å². The molecule has 5 heteroatoms. The van der Waals surface area contributed by atoms with Crippen molar-refractivity contribution >= 4 is 5.91 Å². The van der Waals surface area contributed by atoms with Crippen LogP contribution >= 0.6 is 0 Å². The van der Waals surface area contributed by atoms with E-state index in [-0.39, 0.29) is 0 Å². The first kappa shape index (κ1) is 10.3. The van der Waals surface area contributed by atoms with Crippen LogP contribution in [0.4, 0.5) is 8.78 Å². The van der Waals surface area contributed by atoms with E-state index in [1.807, 2.05) is 6.92 Å². The highest BCUT2D eigenvalue weighted by atomic mass is 19.3. The lowest BCUT2D eigenvalue weighted by Gasteiger charge is -2.11. The summed E-state index contributed by atoms with van der Waals surface area (Å²) in [5.74, 6) is -5.00. The van der Waals surface area contributed by atoms with Gasteiger partial charge in [0.25, 0.3) is 5.91 Å². The predicted octanol–water partition coefficient (Wildman–Crippen LogP) is 0.107. The Hall–Kier alpha value is -0.710. The average Bonchev–Trinajstić information content (AvgIpc) is 1.88. The fourth-order valence-corrected chi connectivity index (χ4v) is 0.509. The van der Waals surface area contributed by atoms with Crippen LogP contribution in [0.3, 0.4) is 0 Å². The van der Waals surface area contributed by atoms with Crippen LogP contribution in [0, 0.1) is 0 Å². The van der Waals surface area contributed by atoms with E-state index in [1.165, 1.54) is 0 Å². The molecule has 0 fully saturated rings. The molecule has 1 amide bonds. The number of nitrogens with two attached hydrogens (primary N) is 1. The number of nitrogens with one attached hydrogen (secondary N) is 1. The Morgan fingerprint density at radius 2 is 2.18 bits per heavy atom. The van der Waals surface area contributed by atoms with Gasteiger partial charge < -0.3 is 11.1 Å². The highest BCUT2D eigenvalue weighted by Crippen LogP contribution is 2.09. The lowest BCUT2D eigenvalue weighted by atomic mass is 10.3. The summed E-state index contributed by atoms with van der Waals surface area (Å²) in [5, 5.41) is 2.41. The summed E-state index contributed by atoms with van der Waals surface area (Å²) in [7, 11) is 0. The average molecular weight is 166 g/mol. The fraction of sp³-hybridized carbons (Fsp3) is 0.833. The van der Waals surface area contributed by atoms with Gasteiger partial charge in [0.15, 0.2) is 0 Å². The first-order chi connectivity index (χ1) is 5.00. The zero-order valence-corrected chi connectivity index (χ0v) is 6.36. The molecule has 11 heavy (non-hydrogen) atoms. The van der Waals surface area contributed by atoms with Gasteiger partial charge in [0.2, 0.25) is 0 Å². The lowest BCUT2D eigenvalue weighted by Crippen LogP contribution is -2.44. The van der Waals surface area contributed by atoms with Gasteiger partial charge in [-0.25, -0.2) is 0 Å². The van der Waals surface area contributed by atoms with E-state index < -0.39 is 18.4 Å². The zero-order chi connectivity index (χ0) is 8.91. The molecule has 3 nitrogen and oxygen atoms in total. The minimum Gasteiger partial charge on any atom is -0.364 e. The molecule has 0 bridgehead atoms. The van der Waals surface area contributed by atoms with Crippen LogP contribution in [0.1, 0.15) is 13.3 Å². The van der Waals surface area contributed by atoms with Crippen LogP contribution in [0.5, 0.6) is 0 Å². The number of primary amides is 1. The van der Waals surface area contributed by atoms with Gasteiger partial charge >= 0.3 is 5.92 Å². The van der Waals surface area contributed by atoms with Gasteiger partial charge in [-0.2, -0.15) is 8.78 Å². The summed E-state index contributed by atoms with van der Waals surface area (Å²) in [6.07, 6.45) is 0.745. The Morgan fingerprint density at radius 1 is 1.64 bits per heavy atom. The van der Waals surface area contributed by atoms with E-state index >= 15 is 0 Å². The van der Waals surface area contributed by atoms with Crippen LogP contribution < -0.4 is 11.1 Å². The number of carbonyl (C=O) groups excluding carboxylic acids is 1. The van der Waals surface area contributed by atoms with Crippen molar-refractivity contribution < 1.29 is 13.6 Å². The molecule has 0 heterocycles. The number of hydrogen-bond acceptors (Lipinski definition) is 2. The van der Waals surface area contributed by atoms with E-state index in [4.69, 9.17) is 0 Å². The number of alkyl halides is 2. The number of hydrogen-bond donors (Lipinski definition) is 2. The Balaban J connectivity index is 3.64. The summed E-state index contributed by atoms with van der Waals surface area (Å²) in [5.41, 5.74) is 4.42. The highest BCUT2D eigenvalue weighted by molar-refractivity contribution is 5.81. The molecule has 0 spiro atoms. The third kappa shape index (κ3) is 3.87. The summed E-state index contributed by atoms with van der Waals surface area (Å²) in [4.78, 5) is 10.0. The molecule has 0 aliphatic heterocycles. The van der Waals surface area contributed by atoms with Crippen LogP contribution in [0.2, 0.25) is 0 Å². The molecule has 0 saturated heterocycles. The van der Waals surface area contributed by atoms with E-state index in [0.717, 1.165) is 6.42 Å². The third-order valence-electron chi connectivity index (χ3n) is 1.13. The molecule has 0 radical (unpaired) electrons. The molecule has 0 unspecified atom stereocenters. The zero-order valence-electron chi connectivity index (χ0n) is 6.36. The van der Waals surface area contributed by atoms with Gasteiger partial charge in [0, 0.05) is 0 Å². The Kier molecular flexibility index (Phi) is 3.95. The van der Waals surface area contributed by atoms with Crippen molar-refractivity contribution in [3.8, 4) is 0 Å². The molecule has 0 saturated carbocycles. The molecule has 0 aliphatic rings. The van der Waals surface area contributed by atoms with E-state index in [2.05, 4.69) is 11.1 Å². The second-order valence-electron chi connectivity index (χ2n) is 2.25.